The Balaban J connectivity index is 2.19. The minimum atomic E-state index is -0.782. The van der Waals surface area contributed by atoms with E-state index < -0.39 is 17.5 Å². The van der Waals surface area contributed by atoms with Crippen LogP contribution in [0.2, 0.25) is 0 Å². The van der Waals surface area contributed by atoms with Crippen molar-refractivity contribution in [3.63, 3.8) is 0 Å². The van der Waals surface area contributed by atoms with E-state index in [4.69, 9.17) is 0 Å². The Morgan fingerprint density at radius 1 is 1.00 bits per heavy atom. The van der Waals surface area contributed by atoms with E-state index in [1.54, 1.807) is 24.3 Å². The normalized spacial score (nSPS) is 10.2. The van der Waals surface area contributed by atoms with Crippen molar-refractivity contribution in [3.8, 4) is 0 Å². The van der Waals surface area contributed by atoms with Gasteiger partial charge in [-0.25, -0.2) is 8.78 Å². The molecule has 0 spiro atoms. The van der Waals surface area contributed by atoms with Crippen LogP contribution in [0.3, 0.4) is 0 Å². The van der Waals surface area contributed by atoms with Gasteiger partial charge in [-0.05, 0) is 36.4 Å². The third kappa shape index (κ3) is 3.13. The summed E-state index contributed by atoms with van der Waals surface area (Å²) in [4.78, 5) is 11.7. The number of nitrogens with one attached hydrogen (secondary N) is 1. The van der Waals surface area contributed by atoms with Crippen molar-refractivity contribution in [2.45, 2.75) is 0 Å². The summed E-state index contributed by atoms with van der Waals surface area (Å²) in [6.07, 6.45) is 0. The number of carbonyl (C=O) groups excluding carboxylic acids is 1. The summed E-state index contributed by atoms with van der Waals surface area (Å²) in [6.45, 7) is 0. The molecule has 18 heavy (non-hydrogen) atoms. The van der Waals surface area contributed by atoms with Gasteiger partial charge in [0, 0.05) is 21.8 Å². The van der Waals surface area contributed by atoms with Crippen LogP contribution in [0.4, 0.5) is 14.5 Å². The Bertz CT molecular complexity index is 564. The largest absolute Gasteiger partial charge is 0.322 e. The van der Waals surface area contributed by atoms with Crippen LogP contribution >= 0.6 is 15.9 Å². The van der Waals surface area contributed by atoms with Crippen LogP contribution in [0.5, 0.6) is 0 Å². The van der Waals surface area contributed by atoms with Crippen LogP contribution in [-0.4, -0.2) is 5.91 Å². The van der Waals surface area contributed by atoms with Gasteiger partial charge >= 0.3 is 0 Å². The quantitative estimate of drug-likeness (QED) is 0.893. The topological polar surface area (TPSA) is 29.1 Å². The van der Waals surface area contributed by atoms with Crippen molar-refractivity contribution in [1.82, 2.24) is 0 Å². The maximum atomic E-state index is 13.0. The van der Waals surface area contributed by atoms with Gasteiger partial charge in [-0.3, -0.25) is 4.79 Å². The first-order valence-electron chi connectivity index (χ1n) is 5.07. The zero-order valence-corrected chi connectivity index (χ0v) is 10.7. The molecule has 0 saturated heterocycles. The predicted molar refractivity (Wildman–Crippen MR) is 68.5 cm³/mol. The van der Waals surface area contributed by atoms with Gasteiger partial charge in [0.15, 0.2) is 0 Å². The van der Waals surface area contributed by atoms with Crippen LogP contribution in [0.25, 0.3) is 0 Å². The van der Waals surface area contributed by atoms with E-state index in [9.17, 15) is 13.6 Å². The molecule has 0 unspecified atom stereocenters. The molecule has 0 heterocycles. The fourth-order valence-electron chi connectivity index (χ4n) is 1.42. The van der Waals surface area contributed by atoms with Gasteiger partial charge in [0.2, 0.25) is 0 Å². The van der Waals surface area contributed by atoms with E-state index in [2.05, 4.69) is 21.2 Å². The molecule has 2 nitrogen and oxygen atoms in total. The van der Waals surface area contributed by atoms with Crippen LogP contribution < -0.4 is 5.32 Å². The molecule has 0 radical (unpaired) electrons. The second-order valence-electron chi connectivity index (χ2n) is 3.62. The van der Waals surface area contributed by atoms with Gasteiger partial charge in [0.25, 0.3) is 5.91 Å². The standard InChI is InChI=1S/C13H8BrF2NO/c14-9-1-3-12(4-2-9)17-13(18)8-5-10(15)7-11(16)6-8/h1-7H,(H,17,18). The molecule has 0 saturated carbocycles. The van der Waals surface area contributed by atoms with Crippen molar-refractivity contribution in [1.29, 1.82) is 0 Å². The molecule has 0 aliphatic rings. The summed E-state index contributed by atoms with van der Waals surface area (Å²) >= 11 is 3.26. The summed E-state index contributed by atoms with van der Waals surface area (Å²) in [7, 11) is 0. The molecule has 2 aromatic carbocycles. The Hall–Kier alpha value is -1.75. The average molecular weight is 312 g/mol. The lowest BCUT2D eigenvalue weighted by Gasteiger charge is -2.05. The summed E-state index contributed by atoms with van der Waals surface area (Å²) in [5.74, 6) is -2.12. The third-order valence-corrected chi connectivity index (χ3v) is 2.76. The zero-order chi connectivity index (χ0) is 13.1. The Kier molecular flexibility index (Phi) is 3.72. The average Bonchev–Trinajstić information content (AvgIpc) is 2.31. The molecule has 0 aliphatic heterocycles. The van der Waals surface area contributed by atoms with Crippen LogP contribution in [-0.2, 0) is 0 Å². The van der Waals surface area contributed by atoms with E-state index in [0.717, 1.165) is 22.7 Å². The predicted octanol–water partition coefficient (Wildman–Crippen LogP) is 3.98. The second-order valence-corrected chi connectivity index (χ2v) is 4.53. The summed E-state index contributed by atoms with van der Waals surface area (Å²) in [6, 6.07) is 9.55. The number of hydrogen-bond donors (Lipinski definition) is 1. The zero-order valence-electron chi connectivity index (χ0n) is 9.08. The highest BCUT2D eigenvalue weighted by molar-refractivity contribution is 9.10. The first-order valence-corrected chi connectivity index (χ1v) is 5.87. The van der Waals surface area contributed by atoms with Crippen molar-refractivity contribution < 1.29 is 13.6 Å². The number of rotatable bonds is 2. The van der Waals surface area contributed by atoms with E-state index in [1.165, 1.54) is 0 Å². The summed E-state index contributed by atoms with van der Waals surface area (Å²) in [5.41, 5.74) is 0.489. The molecular weight excluding hydrogens is 304 g/mol. The van der Waals surface area contributed by atoms with Gasteiger partial charge < -0.3 is 5.32 Å². The molecule has 0 atom stereocenters. The highest BCUT2D eigenvalue weighted by Crippen LogP contribution is 2.16. The molecular formula is C13H8BrF2NO. The number of anilines is 1. The van der Waals surface area contributed by atoms with Gasteiger partial charge in [-0.15, -0.1) is 0 Å². The van der Waals surface area contributed by atoms with Gasteiger partial charge in [-0.2, -0.15) is 0 Å². The minimum absolute atomic E-state index is 0.0598. The molecule has 0 aliphatic carbocycles. The van der Waals surface area contributed by atoms with Crippen molar-refractivity contribution in [3.05, 3.63) is 64.1 Å². The van der Waals surface area contributed by atoms with Crippen molar-refractivity contribution in [2.24, 2.45) is 0 Å². The molecule has 1 amide bonds. The highest BCUT2D eigenvalue weighted by atomic mass is 79.9. The first-order chi connectivity index (χ1) is 8.54. The molecule has 5 heteroatoms. The summed E-state index contributed by atoms with van der Waals surface area (Å²) in [5, 5.41) is 2.55. The molecule has 0 bridgehead atoms. The SMILES string of the molecule is O=C(Nc1ccc(Br)cc1)c1cc(F)cc(F)c1. The van der Waals surface area contributed by atoms with Crippen LogP contribution in [0.15, 0.2) is 46.9 Å². The summed E-state index contributed by atoms with van der Waals surface area (Å²) < 4.78 is 26.8. The number of carbonyl (C=O) groups is 1. The Morgan fingerprint density at radius 2 is 1.56 bits per heavy atom. The molecule has 2 aromatic rings. The lowest BCUT2D eigenvalue weighted by Crippen LogP contribution is -2.12. The van der Waals surface area contributed by atoms with E-state index in [0.29, 0.717) is 5.69 Å². The van der Waals surface area contributed by atoms with Gasteiger partial charge in [-0.1, -0.05) is 15.9 Å². The van der Waals surface area contributed by atoms with Crippen LogP contribution in [0.1, 0.15) is 10.4 Å². The third-order valence-electron chi connectivity index (χ3n) is 2.23. The lowest BCUT2D eigenvalue weighted by molar-refractivity contribution is 0.102. The Labute approximate surface area is 111 Å². The van der Waals surface area contributed by atoms with Crippen molar-refractivity contribution >= 4 is 27.5 Å². The van der Waals surface area contributed by atoms with Gasteiger partial charge in [0.05, 0.1) is 0 Å². The fourth-order valence-corrected chi connectivity index (χ4v) is 1.69. The molecule has 0 fully saturated rings. The van der Waals surface area contributed by atoms with E-state index >= 15 is 0 Å². The van der Waals surface area contributed by atoms with E-state index in [1.807, 2.05) is 0 Å². The number of amides is 1. The monoisotopic (exact) mass is 311 g/mol. The number of benzene rings is 2. The molecule has 92 valence electrons. The molecule has 2 rings (SSSR count). The molecule has 1 N–H and O–H groups in total. The van der Waals surface area contributed by atoms with Crippen LogP contribution in [0, 0.1) is 11.6 Å². The smallest absolute Gasteiger partial charge is 0.255 e. The first kappa shape index (κ1) is 12.7. The fraction of sp³-hybridized carbons (Fsp3) is 0. The Morgan fingerprint density at radius 3 is 2.11 bits per heavy atom. The van der Waals surface area contributed by atoms with E-state index in [-0.39, 0.29) is 5.56 Å². The number of hydrogen-bond acceptors (Lipinski definition) is 1. The lowest BCUT2D eigenvalue weighted by atomic mass is 10.2. The molecule has 0 aromatic heterocycles. The minimum Gasteiger partial charge on any atom is -0.322 e. The second kappa shape index (κ2) is 5.27. The maximum Gasteiger partial charge on any atom is 0.255 e. The number of halogens is 3. The highest BCUT2D eigenvalue weighted by Gasteiger charge is 2.09. The van der Waals surface area contributed by atoms with Gasteiger partial charge in [0.1, 0.15) is 11.6 Å². The van der Waals surface area contributed by atoms with Crippen molar-refractivity contribution in [2.75, 3.05) is 5.32 Å². The maximum absolute atomic E-state index is 13.0.